The molecule has 0 aromatic heterocycles. The van der Waals surface area contributed by atoms with Gasteiger partial charge in [-0.25, -0.2) is 0 Å². The molecule has 0 bridgehead atoms. The summed E-state index contributed by atoms with van der Waals surface area (Å²) in [5.41, 5.74) is 1.87. The minimum Gasteiger partial charge on any atom is -0.357 e. The molecule has 1 aliphatic heterocycles. The first kappa shape index (κ1) is 25.7. The van der Waals surface area contributed by atoms with Gasteiger partial charge in [0.25, 0.3) is 5.91 Å². The lowest BCUT2D eigenvalue weighted by atomic mass is 10.1. The minimum absolute atomic E-state index is 0. The first-order valence-corrected chi connectivity index (χ1v) is 10.5. The summed E-state index contributed by atoms with van der Waals surface area (Å²) >= 11 is 0. The van der Waals surface area contributed by atoms with E-state index in [4.69, 9.17) is 4.99 Å². The summed E-state index contributed by atoms with van der Waals surface area (Å²) in [6, 6.07) is 8.48. The number of hydrogen-bond acceptors (Lipinski definition) is 3. The van der Waals surface area contributed by atoms with Crippen molar-refractivity contribution < 1.29 is 4.79 Å². The SMILES string of the molecule is CCNC(=NCCc1cccc(C(=O)N(C)C)c1)N(C)CC1CCCN1CC.I. The summed E-state index contributed by atoms with van der Waals surface area (Å²) < 4.78 is 0. The van der Waals surface area contributed by atoms with Crippen LogP contribution in [0, 0.1) is 0 Å². The lowest BCUT2D eigenvalue weighted by Gasteiger charge is -2.29. The number of benzene rings is 1. The van der Waals surface area contributed by atoms with E-state index >= 15 is 0 Å². The van der Waals surface area contributed by atoms with Crippen LogP contribution in [-0.4, -0.2) is 86.5 Å². The normalized spacial score (nSPS) is 17.0. The molecule has 1 heterocycles. The molecular formula is C22H38IN5O. The van der Waals surface area contributed by atoms with Gasteiger partial charge in [-0.3, -0.25) is 14.7 Å². The molecule has 1 amide bonds. The highest BCUT2D eigenvalue weighted by atomic mass is 127. The van der Waals surface area contributed by atoms with Gasteiger partial charge in [-0.15, -0.1) is 24.0 Å². The number of likely N-dealkylation sites (tertiary alicyclic amines) is 1. The second-order valence-electron chi connectivity index (χ2n) is 7.69. The van der Waals surface area contributed by atoms with Gasteiger partial charge < -0.3 is 15.1 Å². The zero-order chi connectivity index (χ0) is 20.5. The summed E-state index contributed by atoms with van der Waals surface area (Å²) in [6.07, 6.45) is 3.38. The molecule has 29 heavy (non-hydrogen) atoms. The molecule has 0 saturated carbocycles. The quantitative estimate of drug-likeness (QED) is 0.329. The van der Waals surface area contributed by atoms with Gasteiger partial charge in [0, 0.05) is 52.4 Å². The largest absolute Gasteiger partial charge is 0.357 e. The zero-order valence-electron chi connectivity index (χ0n) is 18.6. The molecule has 1 aromatic rings. The van der Waals surface area contributed by atoms with E-state index in [1.807, 2.05) is 18.2 Å². The van der Waals surface area contributed by atoms with Gasteiger partial charge in [0.05, 0.1) is 0 Å². The molecule has 0 spiro atoms. The third-order valence-corrected chi connectivity index (χ3v) is 5.33. The van der Waals surface area contributed by atoms with Crippen molar-refractivity contribution in [2.24, 2.45) is 4.99 Å². The molecule has 1 aromatic carbocycles. The van der Waals surface area contributed by atoms with Gasteiger partial charge in [-0.1, -0.05) is 19.1 Å². The Hall–Kier alpha value is -1.35. The Morgan fingerprint density at radius 1 is 1.28 bits per heavy atom. The van der Waals surface area contributed by atoms with Crippen LogP contribution in [0.5, 0.6) is 0 Å². The number of likely N-dealkylation sites (N-methyl/N-ethyl adjacent to an activating group) is 2. The summed E-state index contributed by atoms with van der Waals surface area (Å²) in [6.45, 7) is 9.25. The van der Waals surface area contributed by atoms with Gasteiger partial charge in [0.2, 0.25) is 0 Å². The van der Waals surface area contributed by atoms with E-state index in [-0.39, 0.29) is 29.9 Å². The first-order chi connectivity index (χ1) is 13.5. The second kappa shape index (κ2) is 13.1. The van der Waals surface area contributed by atoms with Crippen molar-refractivity contribution in [1.29, 1.82) is 0 Å². The standard InChI is InChI=1S/C22H37N5O.HI/c1-6-23-22(26(5)17-20-12-9-15-27(20)7-2)24-14-13-18-10-8-11-19(16-18)21(28)25(3)4;/h8,10-11,16,20H,6-7,9,12-15,17H2,1-5H3,(H,23,24);1H. The van der Waals surface area contributed by atoms with Crippen molar-refractivity contribution in [2.75, 3.05) is 53.9 Å². The molecule has 1 saturated heterocycles. The predicted octanol–water partition coefficient (Wildman–Crippen LogP) is 2.93. The highest BCUT2D eigenvalue weighted by Crippen LogP contribution is 2.17. The number of halogens is 1. The van der Waals surface area contributed by atoms with Crippen LogP contribution < -0.4 is 5.32 Å². The molecule has 1 atom stereocenters. The number of carbonyl (C=O) groups excluding carboxylic acids is 1. The third-order valence-electron chi connectivity index (χ3n) is 5.33. The van der Waals surface area contributed by atoms with Crippen molar-refractivity contribution in [3.8, 4) is 0 Å². The Morgan fingerprint density at radius 3 is 2.69 bits per heavy atom. The van der Waals surface area contributed by atoms with Crippen molar-refractivity contribution >= 4 is 35.8 Å². The van der Waals surface area contributed by atoms with Gasteiger partial charge in [-0.2, -0.15) is 0 Å². The molecule has 7 heteroatoms. The number of amides is 1. The molecular weight excluding hydrogens is 477 g/mol. The van der Waals surface area contributed by atoms with Crippen LogP contribution in [0.15, 0.2) is 29.3 Å². The van der Waals surface area contributed by atoms with E-state index in [0.29, 0.717) is 12.6 Å². The van der Waals surface area contributed by atoms with E-state index < -0.39 is 0 Å². The highest BCUT2D eigenvalue weighted by molar-refractivity contribution is 14.0. The maximum atomic E-state index is 12.1. The van der Waals surface area contributed by atoms with Crippen LogP contribution >= 0.6 is 24.0 Å². The summed E-state index contributed by atoms with van der Waals surface area (Å²) in [5, 5.41) is 3.42. The highest BCUT2D eigenvalue weighted by Gasteiger charge is 2.24. The van der Waals surface area contributed by atoms with Crippen LogP contribution in [0.4, 0.5) is 0 Å². The predicted molar refractivity (Wildman–Crippen MR) is 132 cm³/mol. The molecule has 2 rings (SSSR count). The van der Waals surface area contributed by atoms with Gasteiger partial charge in [0.15, 0.2) is 5.96 Å². The zero-order valence-corrected chi connectivity index (χ0v) is 21.0. The maximum Gasteiger partial charge on any atom is 0.253 e. The Kier molecular flexibility index (Phi) is 11.6. The van der Waals surface area contributed by atoms with E-state index in [1.165, 1.54) is 19.4 Å². The van der Waals surface area contributed by atoms with Crippen molar-refractivity contribution in [3.05, 3.63) is 35.4 Å². The monoisotopic (exact) mass is 515 g/mol. The Bertz CT molecular complexity index is 664. The fourth-order valence-electron chi connectivity index (χ4n) is 3.80. The van der Waals surface area contributed by atoms with Gasteiger partial charge in [-0.05, 0) is 57.0 Å². The molecule has 0 aliphatic carbocycles. The third kappa shape index (κ3) is 7.77. The van der Waals surface area contributed by atoms with Crippen LogP contribution in [-0.2, 0) is 6.42 Å². The summed E-state index contributed by atoms with van der Waals surface area (Å²) in [4.78, 5) is 23.4. The van der Waals surface area contributed by atoms with E-state index in [1.54, 1.807) is 19.0 Å². The molecule has 1 unspecified atom stereocenters. The molecule has 6 nitrogen and oxygen atoms in total. The Labute approximate surface area is 193 Å². The number of rotatable bonds is 8. The summed E-state index contributed by atoms with van der Waals surface area (Å²) in [5.74, 6) is 1.00. The fourth-order valence-corrected chi connectivity index (χ4v) is 3.80. The smallest absolute Gasteiger partial charge is 0.253 e. The van der Waals surface area contributed by atoms with Crippen LogP contribution in [0.2, 0.25) is 0 Å². The van der Waals surface area contributed by atoms with Gasteiger partial charge >= 0.3 is 0 Å². The van der Waals surface area contributed by atoms with Crippen LogP contribution in [0.1, 0.15) is 42.6 Å². The lowest BCUT2D eigenvalue weighted by Crippen LogP contribution is -2.46. The number of guanidine groups is 1. The number of nitrogens with zero attached hydrogens (tertiary/aromatic N) is 4. The second-order valence-corrected chi connectivity index (χ2v) is 7.69. The number of hydrogen-bond donors (Lipinski definition) is 1. The van der Waals surface area contributed by atoms with E-state index in [9.17, 15) is 4.79 Å². The number of carbonyl (C=O) groups is 1. The van der Waals surface area contributed by atoms with Crippen molar-refractivity contribution in [2.45, 2.75) is 39.2 Å². The van der Waals surface area contributed by atoms with Crippen LogP contribution in [0.25, 0.3) is 0 Å². The van der Waals surface area contributed by atoms with E-state index in [2.05, 4.69) is 42.1 Å². The van der Waals surface area contributed by atoms with Gasteiger partial charge in [0.1, 0.15) is 0 Å². The molecule has 164 valence electrons. The molecule has 1 N–H and O–H groups in total. The molecule has 1 fully saturated rings. The average molecular weight is 515 g/mol. The molecule has 0 radical (unpaired) electrons. The number of aliphatic imine (C=N–C) groups is 1. The average Bonchev–Trinajstić information content (AvgIpc) is 3.13. The topological polar surface area (TPSA) is 51.2 Å². The maximum absolute atomic E-state index is 12.1. The minimum atomic E-state index is 0. The Morgan fingerprint density at radius 2 is 2.03 bits per heavy atom. The van der Waals surface area contributed by atoms with Crippen molar-refractivity contribution in [1.82, 2.24) is 20.0 Å². The van der Waals surface area contributed by atoms with Crippen molar-refractivity contribution in [3.63, 3.8) is 0 Å². The van der Waals surface area contributed by atoms with E-state index in [0.717, 1.165) is 43.1 Å². The fraction of sp³-hybridized carbons (Fsp3) is 0.636. The Balaban J connectivity index is 0.00000420. The lowest BCUT2D eigenvalue weighted by molar-refractivity contribution is 0.0827. The number of nitrogens with one attached hydrogen (secondary N) is 1. The summed E-state index contributed by atoms with van der Waals surface area (Å²) in [7, 11) is 5.69. The first-order valence-electron chi connectivity index (χ1n) is 10.5. The van der Waals surface area contributed by atoms with Crippen LogP contribution in [0.3, 0.4) is 0 Å². The molecule has 1 aliphatic rings.